The summed E-state index contributed by atoms with van der Waals surface area (Å²) in [5.74, 6) is -1.93. The van der Waals surface area contributed by atoms with Crippen LogP contribution in [0.25, 0.3) is 0 Å². The van der Waals surface area contributed by atoms with E-state index < -0.39 is 44.6 Å². The van der Waals surface area contributed by atoms with Gasteiger partial charge in [-0.3, -0.25) is 10.1 Å². The van der Waals surface area contributed by atoms with E-state index in [1.807, 2.05) is 0 Å². The number of nitrogens with zero attached hydrogens (tertiary/aromatic N) is 3. The molecule has 1 aliphatic heterocycles. The van der Waals surface area contributed by atoms with Crippen LogP contribution in [0.3, 0.4) is 0 Å². The van der Waals surface area contributed by atoms with Gasteiger partial charge in [0.05, 0.1) is 35.4 Å². The van der Waals surface area contributed by atoms with Crippen LogP contribution < -0.4 is 23.8 Å². The Labute approximate surface area is 246 Å². The number of ether oxygens (including phenoxy) is 3. The van der Waals surface area contributed by atoms with Gasteiger partial charge in [-0.2, -0.15) is 9.57 Å². The van der Waals surface area contributed by atoms with Crippen molar-refractivity contribution in [3.05, 3.63) is 108 Å². The molecule has 1 aliphatic rings. The Morgan fingerprint density at radius 1 is 1.05 bits per heavy atom. The molecule has 13 heteroatoms. The molecule has 0 saturated heterocycles. The highest BCUT2D eigenvalue weighted by Gasteiger charge is 2.59. The largest absolute Gasteiger partial charge is 0.497 e. The average Bonchev–Trinajstić information content (AvgIpc) is 3.24. The molecule has 0 saturated carbocycles. The van der Waals surface area contributed by atoms with Crippen molar-refractivity contribution in [1.82, 2.24) is 10.3 Å². The van der Waals surface area contributed by atoms with Crippen LogP contribution in [0.15, 0.2) is 90.0 Å². The Balaban J connectivity index is 1.79. The van der Waals surface area contributed by atoms with Crippen LogP contribution >= 0.6 is 0 Å². The van der Waals surface area contributed by atoms with Gasteiger partial charge >= 0.3 is 6.09 Å². The number of nitriles is 1. The SMILES string of the molecule is CCOc1ncccc1[C@]1(NC(=O)Oc2ccccc2)C(=O)N(S(=O)(=O)c2ccc(OC)cc2)c2cc(F)c(C#N)cc21. The summed E-state index contributed by atoms with van der Waals surface area (Å²) in [6, 6.07) is 19.4. The third-order valence-corrected chi connectivity index (χ3v) is 8.34. The molecule has 0 radical (unpaired) electrons. The van der Waals surface area contributed by atoms with Gasteiger partial charge in [-0.15, -0.1) is 0 Å². The van der Waals surface area contributed by atoms with Crippen LogP contribution in [0.5, 0.6) is 17.4 Å². The summed E-state index contributed by atoms with van der Waals surface area (Å²) in [5, 5.41) is 12.2. The number of anilines is 1. The van der Waals surface area contributed by atoms with Crippen molar-refractivity contribution in [3.8, 4) is 23.4 Å². The summed E-state index contributed by atoms with van der Waals surface area (Å²) in [5.41, 5.74) is -3.61. The number of methoxy groups -OCH3 is 1. The average molecular weight is 603 g/mol. The van der Waals surface area contributed by atoms with Crippen LogP contribution in [0, 0.1) is 17.1 Å². The third kappa shape index (κ3) is 4.98. The van der Waals surface area contributed by atoms with Gasteiger partial charge in [-0.05, 0) is 61.5 Å². The Morgan fingerprint density at radius 3 is 2.42 bits per heavy atom. The summed E-state index contributed by atoms with van der Waals surface area (Å²) in [6.07, 6.45) is 0.227. The molecule has 1 atom stereocenters. The van der Waals surface area contributed by atoms with E-state index in [-0.39, 0.29) is 34.3 Å². The predicted molar refractivity (Wildman–Crippen MR) is 151 cm³/mol. The lowest BCUT2D eigenvalue weighted by Gasteiger charge is -2.30. The van der Waals surface area contributed by atoms with Crippen LogP contribution in [-0.4, -0.2) is 39.1 Å². The molecule has 43 heavy (non-hydrogen) atoms. The maximum absolute atomic E-state index is 15.1. The molecule has 3 aromatic carbocycles. The molecule has 0 bridgehead atoms. The maximum atomic E-state index is 15.1. The van der Waals surface area contributed by atoms with E-state index in [1.165, 1.54) is 61.8 Å². The van der Waals surface area contributed by atoms with Crippen LogP contribution in [-0.2, 0) is 20.4 Å². The number of benzene rings is 3. The Morgan fingerprint density at radius 2 is 1.77 bits per heavy atom. The standard InChI is InChI=1S/C30H23FN4O7S/c1-3-41-27-23(10-7-15-33-27)30(34-29(37)42-21-8-5-4-6-9-21)24-16-19(18-32)25(31)17-26(24)35(28(30)36)43(38,39)22-13-11-20(40-2)12-14-22/h4-17H,3H2,1-2H3,(H,34,37)/t30-/m1/s1. The predicted octanol–water partition coefficient (Wildman–Crippen LogP) is 4.27. The minimum absolute atomic E-state index is 0.0731. The number of fused-ring (bicyclic) bond motifs is 1. The highest BCUT2D eigenvalue weighted by Crippen LogP contribution is 2.49. The zero-order valence-electron chi connectivity index (χ0n) is 22.8. The fourth-order valence-electron chi connectivity index (χ4n) is 4.74. The summed E-state index contributed by atoms with van der Waals surface area (Å²) in [6.45, 7) is 1.76. The van der Waals surface area contributed by atoms with Crippen LogP contribution in [0.1, 0.15) is 23.6 Å². The van der Waals surface area contributed by atoms with E-state index in [2.05, 4.69) is 10.3 Å². The molecule has 218 valence electrons. The molecule has 1 aromatic heterocycles. The van der Waals surface area contributed by atoms with Crippen molar-refractivity contribution in [2.45, 2.75) is 17.4 Å². The molecule has 4 aromatic rings. The molecular weight excluding hydrogens is 579 g/mol. The number of pyridine rings is 1. The van der Waals surface area contributed by atoms with Gasteiger partial charge in [0.15, 0.2) is 5.54 Å². The van der Waals surface area contributed by atoms with Gasteiger partial charge in [0.2, 0.25) is 5.88 Å². The zero-order valence-corrected chi connectivity index (χ0v) is 23.6. The lowest BCUT2D eigenvalue weighted by atomic mass is 9.83. The maximum Gasteiger partial charge on any atom is 0.414 e. The number of carbonyl (C=O) groups is 2. The van der Waals surface area contributed by atoms with E-state index in [9.17, 15) is 23.3 Å². The van der Waals surface area contributed by atoms with E-state index in [0.717, 1.165) is 12.1 Å². The van der Waals surface area contributed by atoms with Gasteiger partial charge in [-0.1, -0.05) is 18.2 Å². The molecule has 5 rings (SSSR count). The number of sulfonamides is 1. The Kier molecular flexibility index (Phi) is 7.71. The number of aromatic nitrogens is 1. The number of amides is 2. The number of hydrogen-bond acceptors (Lipinski definition) is 9. The van der Waals surface area contributed by atoms with Crippen LogP contribution in [0.4, 0.5) is 14.9 Å². The number of halogens is 1. The quantitative estimate of drug-likeness (QED) is 0.312. The third-order valence-electron chi connectivity index (χ3n) is 6.63. The Bertz CT molecular complexity index is 1860. The summed E-state index contributed by atoms with van der Waals surface area (Å²) >= 11 is 0. The van der Waals surface area contributed by atoms with E-state index in [1.54, 1.807) is 31.2 Å². The fourth-order valence-corrected chi connectivity index (χ4v) is 6.19. The van der Waals surface area contributed by atoms with Gasteiger partial charge in [0.1, 0.15) is 23.4 Å². The highest BCUT2D eigenvalue weighted by atomic mass is 32.2. The second-order valence-corrected chi connectivity index (χ2v) is 10.9. The molecule has 1 N–H and O–H groups in total. The van der Waals surface area contributed by atoms with Crippen molar-refractivity contribution in [1.29, 1.82) is 5.26 Å². The number of rotatable bonds is 8. The lowest BCUT2D eigenvalue weighted by Crippen LogP contribution is -2.55. The summed E-state index contributed by atoms with van der Waals surface area (Å²) in [7, 11) is -3.34. The first-order valence-corrected chi connectivity index (χ1v) is 14.2. The first-order chi connectivity index (χ1) is 20.7. The number of carbonyl (C=O) groups excluding carboxylic acids is 2. The Hall–Kier alpha value is -5.48. The lowest BCUT2D eigenvalue weighted by molar-refractivity contribution is -0.121. The molecule has 0 fully saturated rings. The smallest absolute Gasteiger partial charge is 0.414 e. The summed E-state index contributed by atoms with van der Waals surface area (Å²) < 4.78 is 59.8. The molecule has 0 spiro atoms. The normalized spacial score (nSPS) is 15.8. The van der Waals surface area contributed by atoms with E-state index in [0.29, 0.717) is 10.1 Å². The van der Waals surface area contributed by atoms with Crippen molar-refractivity contribution < 1.29 is 36.6 Å². The summed E-state index contributed by atoms with van der Waals surface area (Å²) in [4.78, 5) is 31.9. The first-order valence-electron chi connectivity index (χ1n) is 12.8. The van der Waals surface area contributed by atoms with E-state index >= 15 is 4.39 Å². The van der Waals surface area contributed by atoms with Gasteiger partial charge in [0, 0.05) is 17.8 Å². The van der Waals surface area contributed by atoms with Gasteiger partial charge < -0.3 is 14.2 Å². The molecular formula is C30H23FN4O7S. The van der Waals surface area contributed by atoms with Crippen molar-refractivity contribution in [2.75, 3.05) is 18.0 Å². The minimum atomic E-state index is -4.74. The number of nitrogens with one attached hydrogen (secondary N) is 1. The molecule has 2 heterocycles. The first kappa shape index (κ1) is 29.0. The minimum Gasteiger partial charge on any atom is -0.497 e. The fraction of sp³-hybridized carbons (Fsp3) is 0.133. The van der Waals surface area contributed by atoms with Gasteiger partial charge in [0.25, 0.3) is 15.9 Å². The monoisotopic (exact) mass is 602 g/mol. The van der Waals surface area contributed by atoms with E-state index in [4.69, 9.17) is 14.2 Å². The van der Waals surface area contributed by atoms with Crippen molar-refractivity contribution >= 4 is 27.7 Å². The number of hydrogen-bond donors (Lipinski definition) is 1. The van der Waals surface area contributed by atoms with Gasteiger partial charge in [-0.25, -0.2) is 22.6 Å². The molecule has 11 nitrogen and oxygen atoms in total. The second-order valence-electron chi connectivity index (χ2n) is 9.08. The highest BCUT2D eigenvalue weighted by molar-refractivity contribution is 7.93. The van der Waals surface area contributed by atoms with Crippen molar-refractivity contribution in [3.63, 3.8) is 0 Å². The number of para-hydroxylation sites is 1. The zero-order chi connectivity index (χ0) is 30.8. The topological polar surface area (TPSA) is 148 Å². The second kappa shape index (κ2) is 11.4. The molecule has 0 aliphatic carbocycles. The van der Waals surface area contributed by atoms with Crippen LogP contribution in [0.2, 0.25) is 0 Å². The molecule has 2 amide bonds. The van der Waals surface area contributed by atoms with Crippen molar-refractivity contribution in [2.24, 2.45) is 0 Å². The molecule has 0 unspecified atom stereocenters.